The van der Waals surface area contributed by atoms with Crippen molar-refractivity contribution in [2.45, 2.75) is 70.0 Å². The monoisotopic (exact) mass is 213 g/mol. The van der Waals surface area contributed by atoms with E-state index < -0.39 is 6.17 Å². The molecule has 1 aliphatic heterocycles. The second-order valence-electron chi connectivity index (χ2n) is 5.51. The van der Waals surface area contributed by atoms with Gasteiger partial charge >= 0.3 is 0 Å². The van der Waals surface area contributed by atoms with Gasteiger partial charge in [0.2, 0.25) is 0 Å². The van der Waals surface area contributed by atoms with E-state index in [0.29, 0.717) is 5.92 Å². The molecule has 0 bridgehead atoms. The first-order valence-corrected chi connectivity index (χ1v) is 6.62. The van der Waals surface area contributed by atoms with Crippen LogP contribution in [0.25, 0.3) is 0 Å². The van der Waals surface area contributed by atoms with Gasteiger partial charge in [-0.1, -0.05) is 25.7 Å². The average molecular weight is 213 g/mol. The van der Waals surface area contributed by atoms with Crippen LogP contribution >= 0.6 is 0 Å². The van der Waals surface area contributed by atoms with Gasteiger partial charge in [0.25, 0.3) is 0 Å². The Hall–Kier alpha value is -0.110. The summed E-state index contributed by atoms with van der Waals surface area (Å²) in [5.41, 5.74) is -0.220. The van der Waals surface area contributed by atoms with Crippen molar-refractivity contribution in [1.82, 2.24) is 5.32 Å². The molecule has 2 fully saturated rings. The number of hydrogen-bond acceptors (Lipinski definition) is 1. The quantitative estimate of drug-likeness (QED) is 0.658. The molecule has 0 spiro atoms. The summed E-state index contributed by atoms with van der Waals surface area (Å²) < 4.78 is 14.1. The van der Waals surface area contributed by atoms with E-state index in [-0.39, 0.29) is 5.54 Å². The van der Waals surface area contributed by atoms with Gasteiger partial charge in [0.1, 0.15) is 6.17 Å². The van der Waals surface area contributed by atoms with Crippen LogP contribution in [0.2, 0.25) is 0 Å². The smallest absolute Gasteiger partial charge is 0.118 e. The summed E-state index contributed by atoms with van der Waals surface area (Å²) in [5.74, 6) is 0.565. The summed E-state index contributed by atoms with van der Waals surface area (Å²) in [7, 11) is 0. The van der Waals surface area contributed by atoms with Gasteiger partial charge in [0.05, 0.1) is 0 Å². The molecular weight excluding hydrogens is 189 g/mol. The minimum absolute atomic E-state index is 0.220. The molecule has 1 N–H and O–H groups in total. The number of hydrogen-bond donors (Lipinski definition) is 1. The standard InChI is InChI=1S/C13H24FN/c1-13(12(14)9-6-10-15-13)11-7-4-2-3-5-8-11/h11-12,15H,2-10H2,1H3. The third kappa shape index (κ3) is 2.35. The Balaban J connectivity index is 2.04. The normalized spacial score (nSPS) is 40.0. The van der Waals surface area contributed by atoms with Crippen molar-refractivity contribution in [3.05, 3.63) is 0 Å². The lowest BCUT2D eigenvalue weighted by atomic mass is 9.74. The van der Waals surface area contributed by atoms with E-state index in [4.69, 9.17) is 0 Å². The Labute approximate surface area is 92.8 Å². The molecule has 2 heteroatoms. The molecule has 2 unspecified atom stereocenters. The SMILES string of the molecule is CC1(C2CCCCCC2)NCCCC1F. The van der Waals surface area contributed by atoms with E-state index in [9.17, 15) is 4.39 Å². The summed E-state index contributed by atoms with van der Waals surface area (Å²) in [4.78, 5) is 0. The molecular formula is C13H24FN. The zero-order chi connectivity index (χ0) is 10.7. The van der Waals surface area contributed by atoms with Crippen molar-refractivity contribution >= 4 is 0 Å². The van der Waals surface area contributed by atoms with Gasteiger partial charge in [0, 0.05) is 5.54 Å². The molecule has 1 saturated heterocycles. The second-order valence-corrected chi connectivity index (χ2v) is 5.51. The van der Waals surface area contributed by atoms with E-state index in [0.717, 1.165) is 19.4 Å². The highest BCUT2D eigenvalue weighted by molar-refractivity contribution is 4.99. The molecule has 88 valence electrons. The first-order chi connectivity index (χ1) is 7.23. The van der Waals surface area contributed by atoms with Gasteiger partial charge in [-0.3, -0.25) is 0 Å². The van der Waals surface area contributed by atoms with Crippen LogP contribution in [-0.4, -0.2) is 18.3 Å². The molecule has 2 aliphatic rings. The number of halogens is 1. The fourth-order valence-electron chi connectivity index (χ4n) is 3.33. The van der Waals surface area contributed by atoms with Crippen LogP contribution in [0.4, 0.5) is 4.39 Å². The maximum Gasteiger partial charge on any atom is 0.118 e. The molecule has 15 heavy (non-hydrogen) atoms. The van der Waals surface area contributed by atoms with E-state index >= 15 is 0 Å². The number of piperidine rings is 1. The highest BCUT2D eigenvalue weighted by atomic mass is 19.1. The first-order valence-electron chi connectivity index (χ1n) is 6.62. The summed E-state index contributed by atoms with van der Waals surface area (Å²) in [6, 6.07) is 0. The van der Waals surface area contributed by atoms with Gasteiger partial charge in [-0.15, -0.1) is 0 Å². The zero-order valence-electron chi connectivity index (χ0n) is 9.90. The van der Waals surface area contributed by atoms with Gasteiger partial charge < -0.3 is 5.32 Å². The summed E-state index contributed by atoms with van der Waals surface area (Å²) in [6.07, 6.45) is 8.89. The largest absolute Gasteiger partial charge is 0.309 e. The van der Waals surface area contributed by atoms with Crippen molar-refractivity contribution in [3.63, 3.8) is 0 Å². The van der Waals surface area contributed by atoms with Crippen molar-refractivity contribution < 1.29 is 4.39 Å². The topological polar surface area (TPSA) is 12.0 Å². The Bertz CT molecular complexity index is 199. The molecule has 0 radical (unpaired) electrons. The summed E-state index contributed by atoms with van der Waals surface area (Å²) in [6.45, 7) is 3.13. The Morgan fingerprint density at radius 2 is 1.67 bits per heavy atom. The molecule has 0 aromatic rings. The highest BCUT2D eigenvalue weighted by Gasteiger charge is 2.42. The first kappa shape index (κ1) is 11.4. The van der Waals surface area contributed by atoms with E-state index in [1.165, 1.54) is 38.5 Å². The Morgan fingerprint density at radius 3 is 2.27 bits per heavy atom. The third-order valence-electron chi connectivity index (χ3n) is 4.49. The predicted molar refractivity (Wildman–Crippen MR) is 61.7 cm³/mol. The molecule has 0 amide bonds. The lowest BCUT2D eigenvalue weighted by Crippen LogP contribution is -2.58. The zero-order valence-corrected chi connectivity index (χ0v) is 9.90. The van der Waals surface area contributed by atoms with Crippen molar-refractivity contribution in [1.29, 1.82) is 0 Å². The van der Waals surface area contributed by atoms with Crippen LogP contribution < -0.4 is 5.32 Å². The highest BCUT2D eigenvalue weighted by Crippen LogP contribution is 2.37. The van der Waals surface area contributed by atoms with Gasteiger partial charge in [0.15, 0.2) is 0 Å². The Morgan fingerprint density at radius 1 is 1.00 bits per heavy atom. The molecule has 1 saturated carbocycles. The lowest BCUT2D eigenvalue weighted by molar-refractivity contribution is 0.0609. The van der Waals surface area contributed by atoms with Crippen molar-refractivity contribution in [2.75, 3.05) is 6.54 Å². The van der Waals surface area contributed by atoms with E-state index in [1.807, 2.05) is 0 Å². The van der Waals surface area contributed by atoms with Gasteiger partial charge in [-0.25, -0.2) is 4.39 Å². The number of nitrogens with one attached hydrogen (secondary N) is 1. The maximum absolute atomic E-state index is 14.1. The summed E-state index contributed by atoms with van der Waals surface area (Å²) in [5, 5.41) is 3.47. The van der Waals surface area contributed by atoms with Crippen LogP contribution in [0.1, 0.15) is 58.3 Å². The summed E-state index contributed by atoms with van der Waals surface area (Å²) >= 11 is 0. The molecule has 2 rings (SSSR count). The van der Waals surface area contributed by atoms with Crippen LogP contribution in [0, 0.1) is 5.92 Å². The van der Waals surface area contributed by atoms with Crippen LogP contribution in [-0.2, 0) is 0 Å². The van der Waals surface area contributed by atoms with E-state index in [2.05, 4.69) is 12.2 Å². The molecule has 1 aliphatic carbocycles. The molecule has 1 heterocycles. The fraction of sp³-hybridized carbons (Fsp3) is 1.00. The third-order valence-corrected chi connectivity index (χ3v) is 4.49. The van der Waals surface area contributed by atoms with Crippen LogP contribution in [0.5, 0.6) is 0 Å². The Kier molecular flexibility index (Phi) is 3.65. The van der Waals surface area contributed by atoms with Crippen LogP contribution in [0.15, 0.2) is 0 Å². The van der Waals surface area contributed by atoms with Crippen molar-refractivity contribution in [3.8, 4) is 0 Å². The maximum atomic E-state index is 14.1. The fourth-order valence-corrected chi connectivity index (χ4v) is 3.33. The molecule has 1 nitrogen and oxygen atoms in total. The molecule has 0 aromatic heterocycles. The van der Waals surface area contributed by atoms with Gasteiger partial charge in [-0.2, -0.15) is 0 Å². The second kappa shape index (κ2) is 4.82. The number of rotatable bonds is 1. The predicted octanol–water partition coefficient (Wildman–Crippen LogP) is 3.44. The molecule has 2 atom stereocenters. The van der Waals surface area contributed by atoms with E-state index in [1.54, 1.807) is 0 Å². The number of alkyl halides is 1. The van der Waals surface area contributed by atoms with Crippen molar-refractivity contribution in [2.24, 2.45) is 5.92 Å². The lowest BCUT2D eigenvalue weighted by Gasteiger charge is -2.44. The average Bonchev–Trinajstić information content (AvgIpc) is 2.51. The minimum atomic E-state index is -0.630. The van der Waals surface area contributed by atoms with Crippen LogP contribution in [0.3, 0.4) is 0 Å². The van der Waals surface area contributed by atoms with Gasteiger partial charge in [-0.05, 0) is 45.1 Å². The molecule has 0 aromatic carbocycles. The minimum Gasteiger partial charge on any atom is -0.309 e.